The maximum atomic E-state index is 3.72. The average Bonchev–Trinajstić information content (AvgIpc) is 1.91. The molecule has 0 aromatic carbocycles. The van der Waals surface area contributed by atoms with Crippen LogP contribution in [0.3, 0.4) is 0 Å². The van der Waals surface area contributed by atoms with Crippen LogP contribution >= 0.6 is 27.2 Å². The van der Waals surface area contributed by atoms with Crippen LogP contribution in [-0.4, -0.2) is 4.98 Å². The van der Waals surface area contributed by atoms with Crippen LogP contribution in [0, 0.1) is 13.1 Å². The summed E-state index contributed by atoms with van der Waals surface area (Å²) in [6.07, 6.45) is 4.44. The van der Waals surface area contributed by atoms with E-state index in [2.05, 4.69) is 38.4 Å². The molecule has 1 radical (unpaired) electrons. The van der Waals surface area contributed by atoms with Crippen molar-refractivity contribution >= 4 is 27.2 Å². The Morgan fingerprint density at radius 1 is 1.60 bits per heavy atom. The van der Waals surface area contributed by atoms with Gasteiger partial charge in [-0.25, -0.2) is 0 Å². The number of halogens is 2. The van der Waals surface area contributed by atoms with Gasteiger partial charge in [-0.1, -0.05) is 0 Å². The predicted octanol–water partition coefficient (Wildman–Crippen LogP) is 2.88. The molecule has 1 aromatic rings. The zero-order chi connectivity index (χ0) is 7.82. The van der Waals surface area contributed by atoms with E-state index in [9.17, 15) is 0 Å². The fraction of sp³-hybridized carbons (Fsp3) is 0.167. The Kier molecular flexibility index (Phi) is 8.41. The molecule has 0 spiro atoms. The van der Waals surface area contributed by atoms with Crippen molar-refractivity contribution in [1.82, 2.24) is 4.98 Å². The van der Waals surface area contributed by atoms with E-state index >= 15 is 0 Å². The van der Waals surface area contributed by atoms with Crippen LogP contribution in [0.4, 0.5) is 0 Å². The first-order valence-electron chi connectivity index (χ1n) is 2.72. The van der Waals surface area contributed by atoms with E-state index in [1.54, 1.807) is 6.20 Å². The molecule has 10 heavy (non-hydrogen) atoms. The summed E-state index contributed by atoms with van der Waals surface area (Å²) in [4.78, 5) is 3.72. The maximum absolute atomic E-state index is 3.72. The van der Waals surface area contributed by atoms with Crippen molar-refractivity contribution in [1.29, 1.82) is 0 Å². The minimum absolute atomic E-state index is 0.250. The van der Waals surface area contributed by atoms with Crippen molar-refractivity contribution < 1.29 is 13.2 Å². The zero-order valence-corrected chi connectivity index (χ0v) is 11.8. The minimum atomic E-state index is -0.250. The molecule has 0 saturated heterocycles. The standard InChI is InChI=1S/C6H6N.2BrH.Zn/c1-6-2-4-7-5-3-6;;;/h2-4H,1H3;2*1H;/q;;;+2/p-2. The molecule has 1 rings (SSSR count). The summed E-state index contributed by atoms with van der Waals surface area (Å²) in [6.45, 7) is 2.01. The van der Waals surface area contributed by atoms with E-state index in [1.165, 1.54) is 5.56 Å². The normalized spacial score (nSPS) is 7.10. The molecule has 4 heteroatoms. The topological polar surface area (TPSA) is 12.9 Å². The van der Waals surface area contributed by atoms with Crippen LogP contribution in [0.5, 0.6) is 0 Å². The van der Waals surface area contributed by atoms with E-state index < -0.39 is 0 Å². The quantitative estimate of drug-likeness (QED) is 0.671. The molecule has 0 N–H and O–H groups in total. The molecule has 1 nitrogen and oxygen atoms in total. The van der Waals surface area contributed by atoms with E-state index in [0.717, 1.165) is 0 Å². The van der Waals surface area contributed by atoms with Gasteiger partial charge < -0.3 is 0 Å². The first-order chi connectivity index (χ1) is 4.81. The second-order valence-electron chi connectivity index (χ2n) is 1.56. The molecule has 0 fully saturated rings. The SMILES string of the molecule is Cc1c[c]ncc1.[Br][Zn][Br]. The molecule has 1 heterocycles. The third-order valence-electron chi connectivity index (χ3n) is 0.779. The zero-order valence-electron chi connectivity index (χ0n) is 5.64. The molecule has 0 amide bonds. The molecule has 1 aromatic heterocycles. The number of aryl methyl sites for hydroxylation is 1. The molecule has 0 bridgehead atoms. The fourth-order valence-corrected chi connectivity index (χ4v) is 0.385. The van der Waals surface area contributed by atoms with E-state index in [1.807, 2.05) is 19.1 Å². The molecular weight excluding hydrogens is 311 g/mol. The van der Waals surface area contributed by atoms with Crippen molar-refractivity contribution in [3.8, 4) is 0 Å². The summed E-state index contributed by atoms with van der Waals surface area (Å²) in [5, 5.41) is 0. The summed E-state index contributed by atoms with van der Waals surface area (Å²) in [5.41, 5.74) is 1.20. The second kappa shape index (κ2) is 7.84. The molecule has 0 unspecified atom stereocenters. The van der Waals surface area contributed by atoms with Crippen molar-refractivity contribution in [2.75, 3.05) is 0 Å². The average molecular weight is 317 g/mol. The van der Waals surface area contributed by atoms with Crippen LogP contribution in [0.1, 0.15) is 5.56 Å². The number of aromatic nitrogens is 1. The summed E-state index contributed by atoms with van der Waals surface area (Å²) in [6, 6.07) is 3.79. The van der Waals surface area contributed by atoms with E-state index in [-0.39, 0.29) is 13.2 Å². The molecule has 0 aliphatic rings. The van der Waals surface area contributed by atoms with Gasteiger partial charge in [0.2, 0.25) is 0 Å². The van der Waals surface area contributed by atoms with Gasteiger partial charge in [0.05, 0.1) is 6.20 Å². The summed E-state index contributed by atoms with van der Waals surface area (Å²) < 4.78 is 0. The Labute approximate surface area is 81.9 Å². The van der Waals surface area contributed by atoms with Gasteiger partial charge in [0.1, 0.15) is 0 Å². The third kappa shape index (κ3) is 6.85. The molecule has 0 aliphatic carbocycles. The Bertz CT molecular complexity index is 157. The fourth-order valence-electron chi connectivity index (χ4n) is 0.385. The van der Waals surface area contributed by atoms with Gasteiger partial charge in [0.15, 0.2) is 0 Å². The van der Waals surface area contributed by atoms with Gasteiger partial charge in [0.25, 0.3) is 0 Å². The van der Waals surface area contributed by atoms with Gasteiger partial charge in [-0.05, 0) is 24.6 Å². The number of nitrogens with zero attached hydrogens (tertiary/aromatic N) is 1. The van der Waals surface area contributed by atoms with Gasteiger partial charge in [-0.3, -0.25) is 4.98 Å². The van der Waals surface area contributed by atoms with Crippen LogP contribution in [0.15, 0.2) is 18.3 Å². The van der Waals surface area contributed by atoms with Crippen LogP contribution in [0.2, 0.25) is 0 Å². The molecular formula is C6H6Br2NZn. The molecule has 0 saturated carbocycles. The predicted molar refractivity (Wildman–Crippen MR) is 45.7 cm³/mol. The van der Waals surface area contributed by atoms with Gasteiger partial charge in [-0.2, -0.15) is 0 Å². The molecule has 0 atom stereocenters. The Hall–Kier alpha value is 0.733. The summed E-state index contributed by atoms with van der Waals surface area (Å²) in [7, 11) is 0. The van der Waals surface area contributed by atoms with Crippen molar-refractivity contribution in [3.05, 3.63) is 30.1 Å². The Balaban J connectivity index is 0.000000236. The van der Waals surface area contributed by atoms with Crippen molar-refractivity contribution in [2.24, 2.45) is 0 Å². The first-order valence-corrected chi connectivity index (χ1v) is 16.6. The monoisotopic (exact) mass is 314 g/mol. The molecule has 0 aliphatic heterocycles. The van der Waals surface area contributed by atoms with Crippen molar-refractivity contribution in [3.63, 3.8) is 0 Å². The molecule has 51 valence electrons. The number of hydrogen-bond acceptors (Lipinski definition) is 1. The van der Waals surface area contributed by atoms with Gasteiger partial charge in [-0.15, -0.1) is 0 Å². The van der Waals surface area contributed by atoms with Crippen LogP contribution in [-0.2, 0) is 13.2 Å². The van der Waals surface area contributed by atoms with Gasteiger partial charge >= 0.3 is 40.5 Å². The Morgan fingerprint density at radius 3 is 2.40 bits per heavy atom. The first kappa shape index (κ1) is 10.7. The second-order valence-corrected chi connectivity index (χ2v) is 15.6. The van der Waals surface area contributed by atoms with Gasteiger partial charge in [0, 0.05) is 6.20 Å². The number of rotatable bonds is 0. The Morgan fingerprint density at radius 2 is 2.20 bits per heavy atom. The van der Waals surface area contributed by atoms with E-state index in [4.69, 9.17) is 0 Å². The van der Waals surface area contributed by atoms with Crippen molar-refractivity contribution in [2.45, 2.75) is 6.92 Å². The summed E-state index contributed by atoms with van der Waals surface area (Å²) >= 11 is 6.25. The van der Waals surface area contributed by atoms with Crippen LogP contribution < -0.4 is 0 Å². The summed E-state index contributed by atoms with van der Waals surface area (Å²) in [5.74, 6) is 0. The van der Waals surface area contributed by atoms with E-state index in [0.29, 0.717) is 0 Å². The third-order valence-corrected chi connectivity index (χ3v) is 0.779. The number of pyridine rings is 1. The van der Waals surface area contributed by atoms with Crippen LogP contribution in [0.25, 0.3) is 0 Å². The number of hydrogen-bond donors (Lipinski definition) is 0.